The zero-order chi connectivity index (χ0) is 16.4. The molecule has 8 heteroatoms. The first-order valence-corrected chi connectivity index (χ1v) is 9.21. The number of aryl methyl sites for hydroxylation is 1. The van der Waals surface area contributed by atoms with Gasteiger partial charge in [0.25, 0.3) is 0 Å². The molecule has 2 aromatic heterocycles. The van der Waals surface area contributed by atoms with Gasteiger partial charge in [0.2, 0.25) is 10.0 Å². The number of nitrogens with zero attached hydrogens (tertiary/aromatic N) is 4. The highest BCUT2D eigenvalue weighted by Gasteiger charge is 2.24. The normalized spacial score (nSPS) is 15.2. The second-order valence-corrected chi connectivity index (χ2v) is 7.61. The lowest BCUT2D eigenvalue weighted by atomic mass is 9.98. The maximum atomic E-state index is 11.7. The first-order valence-electron chi connectivity index (χ1n) is 7.37. The lowest BCUT2D eigenvalue weighted by molar-refractivity contribution is 0.393. The van der Waals surface area contributed by atoms with Crippen molar-refractivity contribution in [3.63, 3.8) is 0 Å². The Morgan fingerprint density at radius 1 is 1.35 bits per heavy atom. The first-order chi connectivity index (χ1) is 10.9. The predicted octanol–water partition coefficient (Wildman–Crippen LogP) is 1.11. The van der Waals surface area contributed by atoms with Gasteiger partial charge in [-0.2, -0.15) is 4.31 Å². The van der Waals surface area contributed by atoms with Crippen LogP contribution in [0.15, 0.2) is 24.7 Å². The van der Waals surface area contributed by atoms with E-state index in [9.17, 15) is 8.42 Å². The van der Waals surface area contributed by atoms with Gasteiger partial charge in [0.05, 0.1) is 6.26 Å². The van der Waals surface area contributed by atoms with Crippen LogP contribution in [0.5, 0.6) is 0 Å². The fourth-order valence-electron chi connectivity index (χ4n) is 2.72. The smallest absolute Gasteiger partial charge is 0.211 e. The van der Waals surface area contributed by atoms with E-state index in [0.29, 0.717) is 31.9 Å². The molecule has 23 heavy (non-hydrogen) atoms. The number of rotatable bonds is 4. The minimum atomic E-state index is -3.17. The van der Waals surface area contributed by atoms with Gasteiger partial charge in [-0.3, -0.25) is 4.98 Å². The Bertz CT molecular complexity index is 822. The molecule has 0 saturated heterocycles. The van der Waals surface area contributed by atoms with Gasteiger partial charge < -0.3 is 5.32 Å². The van der Waals surface area contributed by atoms with Gasteiger partial charge in [0.15, 0.2) is 0 Å². The van der Waals surface area contributed by atoms with Crippen molar-refractivity contribution in [1.29, 1.82) is 0 Å². The molecule has 0 fully saturated rings. The van der Waals surface area contributed by atoms with Gasteiger partial charge in [0, 0.05) is 38.2 Å². The second kappa shape index (κ2) is 6.21. The molecule has 2 aromatic rings. The maximum Gasteiger partial charge on any atom is 0.211 e. The molecular weight excluding hydrogens is 314 g/mol. The highest BCUT2D eigenvalue weighted by Crippen LogP contribution is 2.23. The Hall–Kier alpha value is -2.06. The molecule has 3 heterocycles. The third-order valence-corrected chi connectivity index (χ3v) is 5.15. The Labute approximate surface area is 135 Å². The van der Waals surface area contributed by atoms with Crippen molar-refractivity contribution in [3.05, 3.63) is 47.2 Å². The summed E-state index contributed by atoms with van der Waals surface area (Å²) < 4.78 is 24.9. The molecule has 0 bridgehead atoms. The Kier molecular flexibility index (Phi) is 4.27. The summed E-state index contributed by atoms with van der Waals surface area (Å²) >= 11 is 0. The van der Waals surface area contributed by atoms with E-state index in [1.807, 2.05) is 19.2 Å². The minimum absolute atomic E-state index is 0.390. The maximum absolute atomic E-state index is 11.7. The first kappa shape index (κ1) is 15.8. The van der Waals surface area contributed by atoms with Crippen LogP contribution < -0.4 is 5.32 Å². The summed E-state index contributed by atoms with van der Waals surface area (Å²) in [5, 5.41) is 3.27. The number of sulfonamides is 1. The van der Waals surface area contributed by atoms with Crippen LogP contribution in [0, 0.1) is 6.92 Å². The molecule has 0 aromatic carbocycles. The summed E-state index contributed by atoms with van der Waals surface area (Å²) in [5.41, 5.74) is 3.23. The topological polar surface area (TPSA) is 88.1 Å². The summed E-state index contributed by atoms with van der Waals surface area (Å²) in [5.74, 6) is 1.48. The largest absolute Gasteiger partial charge is 0.366 e. The van der Waals surface area contributed by atoms with Gasteiger partial charge in [0.1, 0.15) is 11.6 Å². The van der Waals surface area contributed by atoms with Crippen LogP contribution in [-0.2, 0) is 29.5 Å². The summed E-state index contributed by atoms with van der Waals surface area (Å²) in [4.78, 5) is 12.6. The highest BCUT2D eigenvalue weighted by molar-refractivity contribution is 7.88. The molecule has 1 aliphatic rings. The molecule has 0 spiro atoms. The Balaban J connectivity index is 1.78. The number of anilines is 1. The summed E-state index contributed by atoms with van der Waals surface area (Å²) in [6.07, 6.45) is 7.24. The van der Waals surface area contributed by atoms with Gasteiger partial charge in [-0.05, 0) is 36.1 Å². The van der Waals surface area contributed by atoms with Gasteiger partial charge in [-0.15, -0.1) is 0 Å². The van der Waals surface area contributed by atoms with E-state index in [1.54, 1.807) is 12.4 Å². The molecule has 0 saturated carbocycles. The molecule has 0 aliphatic carbocycles. The number of nitrogens with one attached hydrogen (secondary N) is 1. The molecule has 3 rings (SSSR count). The van der Waals surface area contributed by atoms with Crippen molar-refractivity contribution >= 4 is 15.8 Å². The van der Waals surface area contributed by atoms with Crippen molar-refractivity contribution in [2.24, 2.45) is 0 Å². The molecule has 0 unspecified atom stereocenters. The molecule has 0 atom stereocenters. The van der Waals surface area contributed by atoms with Gasteiger partial charge in [-0.1, -0.05) is 0 Å². The van der Waals surface area contributed by atoms with Crippen LogP contribution in [0.3, 0.4) is 0 Å². The number of fused-ring (bicyclic) bond motifs is 1. The predicted molar refractivity (Wildman–Crippen MR) is 87.3 cm³/mol. The SMILES string of the molecule is Cc1nccc(NCc2cncc3c2CCN(S(C)(=O)=O)C3)n1. The van der Waals surface area contributed by atoms with Gasteiger partial charge >= 0.3 is 0 Å². The van der Waals surface area contributed by atoms with Crippen LogP contribution in [0.25, 0.3) is 0 Å². The minimum Gasteiger partial charge on any atom is -0.366 e. The molecule has 1 aliphatic heterocycles. The van der Waals surface area contributed by atoms with Crippen LogP contribution in [0.2, 0.25) is 0 Å². The lowest BCUT2D eigenvalue weighted by Crippen LogP contribution is -2.35. The lowest BCUT2D eigenvalue weighted by Gasteiger charge is -2.28. The molecule has 7 nitrogen and oxygen atoms in total. The average Bonchev–Trinajstić information content (AvgIpc) is 2.51. The number of aromatic nitrogens is 3. The second-order valence-electron chi connectivity index (χ2n) is 5.63. The summed E-state index contributed by atoms with van der Waals surface area (Å²) in [6, 6.07) is 1.82. The van der Waals surface area contributed by atoms with Crippen molar-refractivity contribution in [3.8, 4) is 0 Å². The zero-order valence-corrected chi connectivity index (χ0v) is 14.0. The third kappa shape index (κ3) is 3.65. The van der Waals surface area contributed by atoms with E-state index in [4.69, 9.17) is 0 Å². The third-order valence-electron chi connectivity index (χ3n) is 3.90. The van der Waals surface area contributed by atoms with Crippen LogP contribution >= 0.6 is 0 Å². The van der Waals surface area contributed by atoms with Crippen LogP contribution in [-0.4, -0.2) is 40.5 Å². The molecule has 122 valence electrons. The van der Waals surface area contributed by atoms with E-state index in [1.165, 1.54) is 16.1 Å². The van der Waals surface area contributed by atoms with Crippen molar-refractivity contribution in [1.82, 2.24) is 19.3 Å². The van der Waals surface area contributed by atoms with E-state index in [-0.39, 0.29) is 0 Å². The van der Waals surface area contributed by atoms with E-state index in [2.05, 4.69) is 20.3 Å². The van der Waals surface area contributed by atoms with Crippen molar-refractivity contribution in [2.45, 2.75) is 26.4 Å². The Morgan fingerprint density at radius 3 is 2.91 bits per heavy atom. The number of hydrogen-bond donors (Lipinski definition) is 1. The highest BCUT2D eigenvalue weighted by atomic mass is 32.2. The van der Waals surface area contributed by atoms with E-state index < -0.39 is 10.0 Å². The fraction of sp³-hybridized carbons (Fsp3) is 0.400. The Morgan fingerprint density at radius 2 is 2.17 bits per heavy atom. The quantitative estimate of drug-likeness (QED) is 0.902. The molecule has 1 N–H and O–H groups in total. The van der Waals surface area contributed by atoms with E-state index >= 15 is 0 Å². The summed E-state index contributed by atoms with van der Waals surface area (Å²) in [7, 11) is -3.17. The van der Waals surface area contributed by atoms with Crippen LogP contribution in [0.4, 0.5) is 5.82 Å². The average molecular weight is 333 g/mol. The van der Waals surface area contributed by atoms with Crippen molar-refractivity contribution in [2.75, 3.05) is 18.1 Å². The van der Waals surface area contributed by atoms with Gasteiger partial charge in [-0.25, -0.2) is 18.4 Å². The summed E-state index contributed by atoms with van der Waals surface area (Å²) in [6.45, 7) is 3.35. The van der Waals surface area contributed by atoms with E-state index in [0.717, 1.165) is 16.9 Å². The van der Waals surface area contributed by atoms with Crippen LogP contribution in [0.1, 0.15) is 22.5 Å². The fourth-order valence-corrected chi connectivity index (χ4v) is 3.51. The molecular formula is C15H19N5O2S. The number of pyridine rings is 1. The zero-order valence-electron chi connectivity index (χ0n) is 13.2. The molecule has 0 amide bonds. The standard InChI is InChI=1S/C15H19N5O2S/c1-11-17-5-3-15(19-11)18-9-12-7-16-8-13-10-20(23(2,21)22)6-4-14(12)13/h3,5,7-8H,4,6,9-10H2,1-2H3,(H,17,18,19). The number of hydrogen-bond acceptors (Lipinski definition) is 6. The molecule has 0 radical (unpaired) electrons. The monoisotopic (exact) mass is 333 g/mol. The van der Waals surface area contributed by atoms with Crippen molar-refractivity contribution < 1.29 is 8.42 Å².